The fourth-order valence-corrected chi connectivity index (χ4v) is 4.46. The Hall–Kier alpha value is -2.38. The maximum atomic E-state index is 13.0. The summed E-state index contributed by atoms with van der Waals surface area (Å²) in [7, 11) is -2.06. The molecule has 3 rings (SSSR count). The lowest BCUT2D eigenvalue weighted by molar-refractivity contribution is -0.122. The smallest absolute Gasteiger partial charge is 0.269 e. The van der Waals surface area contributed by atoms with Gasteiger partial charge in [-0.1, -0.05) is 48.8 Å². The van der Waals surface area contributed by atoms with E-state index in [1.807, 2.05) is 6.07 Å². The zero-order valence-electron chi connectivity index (χ0n) is 18.0. The highest BCUT2D eigenvalue weighted by Crippen LogP contribution is 2.42. The van der Waals surface area contributed by atoms with E-state index in [0.717, 1.165) is 9.37 Å². The van der Waals surface area contributed by atoms with E-state index >= 15 is 0 Å². The molecule has 5 nitrogen and oxygen atoms in total. The Morgan fingerprint density at radius 2 is 1.80 bits per heavy atom. The molecular weight excluding hydrogens is 462 g/mol. The minimum Gasteiger partial charge on any atom is -0.543 e. The average Bonchev–Trinajstić information content (AvgIpc) is 2.91. The third-order valence-corrected chi connectivity index (χ3v) is 10.6. The van der Waals surface area contributed by atoms with E-state index in [1.54, 1.807) is 36.4 Å². The van der Waals surface area contributed by atoms with Crippen molar-refractivity contribution in [2.24, 2.45) is 0 Å². The van der Waals surface area contributed by atoms with Crippen LogP contribution in [-0.4, -0.2) is 25.2 Å². The predicted molar refractivity (Wildman–Crippen MR) is 126 cm³/mol. The van der Waals surface area contributed by atoms with Gasteiger partial charge >= 0.3 is 0 Å². The summed E-state index contributed by atoms with van der Waals surface area (Å²) in [6, 6.07) is 12.3. The molecule has 0 atom stereocenters. The van der Waals surface area contributed by atoms with Crippen molar-refractivity contribution in [3.05, 3.63) is 58.1 Å². The van der Waals surface area contributed by atoms with Crippen LogP contribution in [0, 0.1) is 0 Å². The molecule has 2 aromatic carbocycles. The van der Waals surface area contributed by atoms with E-state index in [-0.39, 0.29) is 16.4 Å². The molecular formula is C23H26BrNO4Si. The van der Waals surface area contributed by atoms with Crippen LogP contribution >= 0.6 is 15.9 Å². The molecule has 0 spiro atoms. The highest BCUT2D eigenvalue weighted by Gasteiger charge is 2.40. The first kappa shape index (κ1) is 22.3. The molecule has 0 bridgehead atoms. The van der Waals surface area contributed by atoms with Crippen LogP contribution in [0.25, 0.3) is 11.3 Å². The van der Waals surface area contributed by atoms with Crippen molar-refractivity contribution in [1.82, 2.24) is 0 Å². The summed E-state index contributed by atoms with van der Waals surface area (Å²) in [6.45, 7) is 12.1. The zero-order valence-corrected chi connectivity index (χ0v) is 20.6. The number of fused-ring (bicyclic) bond motifs is 1. The SMILES string of the molecule is CC(=O)N1C(=O)C(=C(O)c2cccc(O[Si](C)(C)C(C)(C)C)c2)c2cc(Br)ccc21. The molecule has 30 heavy (non-hydrogen) atoms. The number of aliphatic hydroxyl groups excluding tert-OH is 1. The maximum Gasteiger partial charge on any atom is 0.269 e. The standard InChI is InChI=1S/C23H26BrNO4Si/c1-14(26)25-19-11-10-16(24)13-18(19)20(22(25)28)21(27)15-8-7-9-17(12-15)29-30(5,6)23(2,3)4/h7-13,27H,1-6H3. The Labute approximate surface area is 186 Å². The summed E-state index contributed by atoms with van der Waals surface area (Å²) in [6.07, 6.45) is 0. The van der Waals surface area contributed by atoms with E-state index < -0.39 is 20.1 Å². The number of nitrogens with zero attached hydrogens (tertiary/aromatic N) is 1. The maximum absolute atomic E-state index is 13.0. The number of aliphatic hydroxyl groups is 1. The second-order valence-electron chi connectivity index (χ2n) is 8.93. The van der Waals surface area contributed by atoms with Crippen LogP contribution in [0.3, 0.4) is 0 Å². The molecule has 1 aliphatic heterocycles. The van der Waals surface area contributed by atoms with Crippen LogP contribution in [0.1, 0.15) is 38.8 Å². The normalized spacial score (nSPS) is 15.8. The fourth-order valence-electron chi connectivity index (χ4n) is 3.08. The molecule has 2 amide bonds. The number of hydrogen-bond donors (Lipinski definition) is 1. The van der Waals surface area contributed by atoms with Crippen molar-refractivity contribution in [1.29, 1.82) is 0 Å². The van der Waals surface area contributed by atoms with E-state index in [2.05, 4.69) is 49.8 Å². The Morgan fingerprint density at radius 1 is 1.13 bits per heavy atom. The molecule has 0 fully saturated rings. The Bertz CT molecular complexity index is 1070. The second-order valence-corrected chi connectivity index (χ2v) is 14.6. The van der Waals surface area contributed by atoms with Crippen LogP contribution in [-0.2, 0) is 9.59 Å². The third-order valence-electron chi connectivity index (χ3n) is 5.72. The van der Waals surface area contributed by atoms with Crippen LogP contribution in [0.4, 0.5) is 5.69 Å². The number of imide groups is 1. The zero-order chi connectivity index (χ0) is 22.4. The molecule has 158 valence electrons. The van der Waals surface area contributed by atoms with Gasteiger partial charge in [0, 0.05) is 22.5 Å². The van der Waals surface area contributed by atoms with Crippen molar-refractivity contribution in [2.75, 3.05) is 4.90 Å². The van der Waals surface area contributed by atoms with Gasteiger partial charge < -0.3 is 9.53 Å². The summed E-state index contributed by atoms with van der Waals surface area (Å²) in [5.41, 5.74) is 1.54. The van der Waals surface area contributed by atoms with Gasteiger partial charge in [-0.3, -0.25) is 9.59 Å². The number of amides is 2. The van der Waals surface area contributed by atoms with Gasteiger partial charge in [-0.25, -0.2) is 4.90 Å². The molecule has 0 aromatic heterocycles. The van der Waals surface area contributed by atoms with Gasteiger partial charge in [0.1, 0.15) is 11.5 Å². The number of carbonyl (C=O) groups is 2. The van der Waals surface area contributed by atoms with Gasteiger partial charge in [0.05, 0.1) is 11.3 Å². The van der Waals surface area contributed by atoms with Crippen LogP contribution < -0.4 is 9.33 Å². The quantitative estimate of drug-likeness (QED) is 0.320. The van der Waals surface area contributed by atoms with Crippen molar-refractivity contribution >= 4 is 53.1 Å². The van der Waals surface area contributed by atoms with Gasteiger partial charge in [-0.2, -0.15) is 0 Å². The number of hydrogen-bond acceptors (Lipinski definition) is 4. The molecule has 7 heteroatoms. The largest absolute Gasteiger partial charge is 0.543 e. The summed E-state index contributed by atoms with van der Waals surface area (Å²) in [5.74, 6) is -0.469. The van der Waals surface area contributed by atoms with Crippen LogP contribution in [0.15, 0.2) is 46.9 Å². The summed E-state index contributed by atoms with van der Waals surface area (Å²) < 4.78 is 7.09. The van der Waals surface area contributed by atoms with Crippen molar-refractivity contribution in [3.8, 4) is 5.75 Å². The highest BCUT2D eigenvalue weighted by atomic mass is 79.9. The Morgan fingerprint density at radius 3 is 2.40 bits per heavy atom. The lowest BCUT2D eigenvalue weighted by atomic mass is 10.0. The minimum atomic E-state index is -2.06. The lowest BCUT2D eigenvalue weighted by Crippen LogP contribution is -2.43. The van der Waals surface area contributed by atoms with Crippen LogP contribution in [0.2, 0.25) is 18.1 Å². The van der Waals surface area contributed by atoms with Crippen molar-refractivity contribution in [2.45, 2.75) is 45.8 Å². The van der Waals surface area contributed by atoms with E-state index in [9.17, 15) is 14.7 Å². The number of halogens is 1. The first-order valence-corrected chi connectivity index (χ1v) is 13.4. The fraction of sp³-hybridized carbons (Fsp3) is 0.304. The van der Waals surface area contributed by atoms with Crippen LogP contribution in [0.5, 0.6) is 5.75 Å². The number of carbonyl (C=O) groups excluding carboxylic acids is 2. The monoisotopic (exact) mass is 487 g/mol. The molecule has 0 radical (unpaired) electrons. The molecule has 0 saturated carbocycles. The molecule has 0 unspecified atom stereocenters. The molecule has 0 aliphatic carbocycles. The van der Waals surface area contributed by atoms with Gasteiger partial charge in [0.15, 0.2) is 0 Å². The summed E-state index contributed by atoms with van der Waals surface area (Å²) >= 11 is 3.40. The second kappa shape index (κ2) is 7.70. The third kappa shape index (κ3) is 3.96. The van der Waals surface area contributed by atoms with Gasteiger partial charge in [-0.05, 0) is 48.5 Å². The molecule has 1 N–H and O–H groups in total. The van der Waals surface area contributed by atoms with Gasteiger partial charge in [0.2, 0.25) is 14.2 Å². The summed E-state index contributed by atoms with van der Waals surface area (Å²) in [4.78, 5) is 26.2. The first-order chi connectivity index (χ1) is 13.8. The molecule has 1 aliphatic rings. The number of rotatable bonds is 3. The average molecular weight is 488 g/mol. The lowest BCUT2D eigenvalue weighted by Gasteiger charge is -2.36. The molecule has 1 heterocycles. The first-order valence-electron chi connectivity index (χ1n) is 9.71. The molecule has 0 saturated heterocycles. The number of anilines is 1. The molecule has 2 aromatic rings. The predicted octanol–water partition coefficient (Wildman–Crippen LogP) is 6.15. The van der Waals surface area contributed by atoms with E-state index in [1.165, 1.54) is 6.92 Å². The Kier molecular flexibility index (Phi) is 5.73. The van der Waals surface area contributed by atoms with Gasteiger partial charge in [0.25, 0.3) is 5.91 Å². The number of benzene rings is 2. The van der Waals surface area contributed by atoms with E-state index in [4.69, 9.17) is 4.43 Å². The summed E-state index contributed by atoms with van der Waals surface area (Å²) in [5, 5.41) is 11.1. The Balaban J connectivity index is 2.10. The highest BCUT2D eigenvalue weighted by molar-refractivity contribution is 9.10. The van der Waals surface area contributed by atoms with E-state index in [0.29, 0.717) is 22.6 Å². The van der Waals surface area contributed by atoms with Crippen molar-refractivity contribution < 1.29 is 19.1 Å². The van der Waals surface area contributed by atoms with Gasteiger partial charge in [-0.15, -0.1) is 0 Å². The topological polar surface area (TPSA) is 66.8 Å². The minimum absolute atomic E-state index is 0.0259. The van der Waals surface area contributed by atoms with Crippen molar-refractivity contribution in [3.63, 3.8) is 0 Å².